The fraction of sp³-hybridized carbons (Fsp3) is 0.100. The van der Waals surface area contributed by atoms with E-state index in [4.69, 9.17) is 28.9 Å². The van der Waals surface area contributed by atoms with Gasteiger partial charge in [0.25, 0.3) is 0 Å². The van der Waals surface area contributed by atoms with Crippen LogP contribution in [0.4, 0.5) is 5.82 Å². The molecule has 0 fully saturated rings. The molecule has 0 radical (unpaired) electrons. The summed E-state index contributed by atoms with van der Waals surface area (Å²) >= 11 is 12.1. The number of hydrogen-bond donors (Lipinski definition) is 1. The average molecular weight is 368 g/mol. The SMILES string of the molecule is Cc1ccc(C)c(-c2cc(-c3ccc(Cl)c(Cl)c3)nc(N)c2C#N)c1. The Labute approximate surface area is 156 Å². The minimum absolute atomic E-state index is 0.196. The zero-order valence-electron chi connectivity index (χ0n) is 13.8. The van der Waals surface area contributed by atoms with Crippen LogP contribution in [0.15, 0.2) is 42.5 Å². The number of aryl methyl sites for hydroxylation is 2. The van der Waals surface area contributed by atoms with Gasteiger partial charge in [0.15, 0.2) is 0 Å². The molecule has 3 nitrogen and oxygen atoms in total. The molecule has 25 heavy (non-hydrogen) atoms. The van der Waals surface area contributed by atoms with Crippen LogP contribution in [0, 0.1) is 25.2 Å². The number of anilines is 1. The molecule has 124 valence electrons. The monoisotopic (exact) mass is 367 g/mol. The molecule has 0 bridgehead atoms. The predicted octanol–water partition coefficient (Wildman–Crippen LogP) is 5.79. The van der Waals surface area contributed by atoms with Crippen LogP contribution in [-0.2, 0) is 0 Å². The maximum absolute atomic E-state index is 9.55. The van der Waals surface area contributed by atoms with E-state index in [0.717, 1.165) is 27.8 Å². The normalized spacial score (nSPS) is 10.5. The van der Waals surface area contributed by atoms with Crippen molar-refractivity contribution in [2.24, 2.45) is 0 Å². The van der Waals surface area contributed by atoms with Crippen molar-refractivity contribution < 1.29 is 0 Å². The van der Waals surface area contributed by atoms with Gasteiger partial charge < -0.3 is 5.73 Å². The van der Waals surface area contributed by atoms with Crippen molar-refractivity contribution >= 4 is 29.0 Å². The zero-order valence-corrected chi connectivity index (χ0v) is 15.3. The Bertz CT molecular complexity index is 1020. The number of benzene rings is 2. The summed E-state index contributed by atoms with van der Waals surface area (Å²) in [5.74, 6) is 0.196. The van der Waals surface area contributed by atoms with Crippen molar-refractivity contribution in [3.63, 3.8) is 0 Å². The lowest BCUT2D eigenvalue weighted by atomic mass is 9.94. The molecule has 0 atom stereocenters. The van der Waals surface area contributed by atoms with Crippen molar-refractivity contribution in [3.8, 4) is 28.5 Å². The fourth-order valence-corrected chi connectivity index (χ4v) is 3.02. The van der Waals surface area contributed by atoms with Crippen LogP contribution in [0.3, 0.4) is 0 Å². The van der Waals surface area contributed by atoms with Crippen molar-refractivity contribution in [1.29, 1.82) is 5.26 Å². The second kappa shape index (κ2) is 6.76. The lowest BCUT2D eigenvalue weighted by Gasteiger charge is -2.13. The highest BCUT2D eigenvalue weighted by atomic mass is 35.5. The average Bonchev–Trinajstić information content (AvgIpc) is 2.58. The number of rotatable bonds is 2. The third-order valence-electron chi connectivity index (χ3n) is 4.06. The Hall–Kier alpha value is -2.54. The first-order chi connectivity index (χ1) is 11.9. The van der Waals surface area contributed by atoms with Gasteiger partial charge in [0.1, 0.15) is 17.5 Å². The van der Waals surface area contributed by atoms with Gasteiger partial charge in [-0.3, -0.25) is 0 Å². The number of pyridine rings is 1. The molecule has 0 aliphatic carbocycles. The molecule has 3 aromatic rings. The van der Waals surface area contributed by atoms with E-state index in [9.17, 15) is 5.26 Å². The maximum atomic E-state index is 9.55. The number of nitrogens with zero attached hydrogens (tertiary/aromatic N) is 2. The second-order valence-corrected chi connectivity index (χ2v) is 6.69. The quantitative estimate of drug-likeness (QED) is 0.622. The first-order valence-corrected chi connectivity index (χ1v) is 8.40. The van der Waals surface area contributed by atoms with Crippen LogP contribution in [-0.4, -0.2) is 4.98 Å². The lowest BCUT2D eigenvalue weighted by molar-refractivity contribution is 1.30. The van der Waals surface area contributed by atoms with Crippen LogP contribution in [0.25, 0.3) is 22.4 Å². The second-order valence-electron chi connectivity index (χ2n) is 5.87. The van der Waals surface area contributed by atoms with Gasteiger partial charge in [0.2, 0.25) is 0 Å². The number of halogens is 2. The van der Waals surface area contributed by atoms with Crippen LogP contribution in [0.1, 0.15) is 16.7 Å². The van der Waals surface area contributed by atoms with E-state index in [1.807, 2.05) is 44.2 Å². The van der Waals surface area contributed by atoms with Gasteiger partial charge in [0, 0.05) is 11.1 Å². The van der Waals surface area contributed by atoms with Crippen molar-refractivity contribution in [2.75, 3.05) is 5.73 Å². The molecule has 1 aromatic heterocycles. The van der Waals surface area contributed by atoms with Crippen molar-refractivity contribution in [3.05, 3.63) is 69.2 Å². The van der Waals surface area contributed by atoms with E-state index in [1.165, 1.54) is 0 Å². The Morgan fingerprint density at radius 2 is 1.72 bits per heavy atom. The molecule has 5 heteroatoms. The summed E-state index contributed by atoms with van der Waals surface area (Å²) < 4.78 is 0. The highest BCUT2D eigenvalue weighted by Gasteiger charge is 2.15. The Balaban J connectivity index is 2.28. The smallest absolute Gasteiger partial charge is 0.142 e. The molecule has 0 saturated heterocycles. The van der Waals surface area contributed by atoms with Crippen LogP contribution in [0.2, 0.25) is 10.0 Å². The highest BCUT2D eigenvalue weighted by Crippen LogP contribution is 2.35. The molecule has 0 amide bonds. The van der Waals surface area contributed by atoms with Gasteiger partial charge in [-0.05, 0) is 43.2 Å². The highest BCUT2D eigenvalue weighted by molar-refractivity contribution is 6.42. The van der Waals surface area contributed by atoms with Gasteiger partial charge in [-0.15, -0.1) is 0 Å². The van der Waals surface area contributed by atoms with Crippen LogP contribution in [0.5, 0.6) is 0 Å². The van der Waals surface area contributed by atoms with Gasteiger partial charge in [-0.25, -0.2) is 4.98 Å². The Morgan fingerprint density at radius 1 is 0.960 bits per heavy atom. The van der Waals surface area contributed by atoms with Gasteiger partial charge in [-0.2, -0.15) is 5.26 Å². The summed E-state index contributed by atoms with van der Waals surface area (Å²) in [6.45, 7) is 4.02. The molecule has 2 N–H and O–H groups in total. The largest absolute Gasteiger partial charge is 0.383 e. The third kappa shape index (κ3) is 3.32. The zero-order chi connectivity index (χ0) is 18.1. The molecular weight excluding hydrogens is 353 g/mol. The number of nitrogens with two attached hydrogens (primary N) is 1. The topological polar surface area (TPSA) is 62.7 Å². The molecule has 0 aliphatic rings. The van der Waals surface area contributed by atoms with Gasteiger partial charge >= 0.3 is 0 Å². The third-order valence-corrected chi connectivity index (χ3v) is 4.80. The number of aromatic nitrogens is 1. The summed E-state index contributed by atoms with van der Waals surface area (Å²) in [6, 6.07) is 15.4. The van der Waals surface area contributed by atoms with E-state index in [-0.39, 0.29) is 5.82 Å². The first-order valence-electron chi connectivity index (χ1n) is 7.64. The fourth-order valence-electron chi connectivity index (χ4n) is 2.72. The summed E-state index contributed by atoms with van der Waals surface area (Å²) in [5, 5.41) is 10.5. The number of nitrogen functional groups attached to an aromatic ring is 1. The van der Waals surface area contributed by atoms with E-state index in [2.05, 4.69) is 11.1 Å². The molecule has 3 rings (SSSR count). The van der Waals surface area contributed by atoms with Gasteiger partial charge in [-0.1, -0.05) is 53.0 Å². The summed E-state index contributed by atoms with van der Waals surface area (Å²) in [4.78, 5) is 4.38. The molecule has 1 heterocycles. The van der Waals surface area contributed by atoms with Gasteiger partial charge in [0.05, 0.1) is 15.7 Å². The Kier molecular flexibility index (Phi) is 4.67. The predicted molar refractivity (Wildman–Crippen MR) is 104 cm³/mol. The molecule has 0 unspecified atom stereocenters. The van der Waals surface area contributed by atoms with E-state index >= 15 is 0 Å². The van der Waals surface area contributed by atoms with Crippen molar-refractivity contribution in [2.45, 2.75) is 13.8 Å². The minimum Gasteiger partial charge on any atom is -0.383 e. The van der Waals surface area contributed by atoms with Crippen molar-refractivity contribution in [1.82, 2.24) is 4.98 Å². The number of hydrogen-bond acceptors (Lipinski definition) is 3. The van der Waals surface area contributed by atoms with E-state index in [1.54, 1.807) is 12.1 Å². The summed E-state index contributed by atoms with van der Waals surface area (Å²) in [5.41, 5.74) is 11.8. The maximum Gasteiger partial charge on any atom is 0.142 e. The standard InChI is InChI=1S/C20H15Cl2N3/c1-11-3-4-12(2)14(7-11)15-9-19(25-20(24)16(15)10-23)13-5-6-17(21)18(22)8-13/h3-9H,1-2H3,(H2,24,25). The summed E-state index contributed by atoms with van der Waals surface area (Å²) in [7, 11) is 0. The molecule has 0 aliphatic heterocycles. The molecule has 0 saturated carbocycles. The van der Waals surface area contributed by atoms with E-state index in [0.29, 0.717) is 21.3 Å². The first kappa shape index (κ1) is 17.3. The number of nitriles is 1. The van der Waals surface area contributed by atoms with Crippen LogP contribution >= 0.6 is 23.2 Å². The lowest BCUT2D eigenvalue weighted by Crippen LogP contribution is -2.00. The molecule has 2 aromatic carbocycles. The minimum atomic E-state index is 0.196. The van der Waals surface area contributed by atoms with E-state index < -0.39 is 0 Å². The van der Waals surface area contributed by atoms with Crippen LogP contribution < -0.4 is 5.73 Å². The molecule has 0 spiro atoms. The molecular formula is C20H15Cl2N3. The summed E-state index contributed by atoms with van der Waals surface area (Å²) in [6.07, 6.45) is 0. The Morgan fingerprint density at radius 3 is 2.40 bits per heavy atom.